The molecule has 96 valence electrons. The molecule has 2 rings (SSSR count). The van der Waals surface area contributed by atoms with Gasteiger partial charge >= 0.3 is 0 Å². The van der Waals surface area contributed by atoms with E-state index in [1.54, 1.807) is 12.2 Å². The minimum Gasteiger partial charge on any atom is -0.498 e. The van der Waals surface area contributed by atoms with Gasteiger partial charge in [-0.3, -0.25) is 0 Å². The second-order valence-electron chi connectivity index (χ2n) is 4.42. The lowest BCUT2D eigenvalue weighted by Gasteiger charge is -2.35. The predicted octanol–water partition coefficient (Wildman–Crippen LogP) is 2.12. The molecule has 0 saturated heterocycles. The summed E-state index contributed by atoms with van der Waals surface area (Å²) in [6.45, 7) is 1.82. The number of allylic oxidation sites excluding steroid dienone is 2. The molecule has 0 spiro atoms. The van der Waals surface area contributed by atoms with Gasteiger partial charge in [-0.05, 0) is 29.7 Å². The Morgan fingerprint density at radius 3 is 2.50 bits per heavy atom. The molecular formula is C15H18O3. The van der Waals surface area contributed by atoms with Gasteiger partial charge in [0.1, 0.15) is 11.9 Å². The van der Waals surface area contributed by atoms with Crippen LogP contribution in [-0.4, -0.2) is 29.0 Å². The van der Waals surface area contributed by atoms with Crippen molar-refractivity contribution in [2.24, 2.45) is 0 Å². The fourth-order valence-corrected chi connectivity index (χ4v) is 2.20. The first kappa shape index (κ1) is 12.9. The minimum atomic E-state index is -1.33. The van der Waals surface area contributed by atoms with E-state index in [0.29, 0.717) is 12.2 Å². The first-order valence-corrected chi connectivity index (χ1v) is 6.05. The van der Waals surface area contributed by atoms with Crippen molar-refractivity contribution in [1.29, 1.82) is 0 Å². The van der Waals surface area contributed by atoms with Crippen molar-refractivity contribution in [3.63, 3.8) is 0 Å². The molecule has 1 aromatic carbocycles. The summed E-state index contributed by atoms with van der Waals surface area (Å²) in [4.78, 5) is 0. The number of aliphatic hydroxyl groups excluding tert-OH is 1. The maximum Gasteiger partial charge on any atom is 0.150 e. The summed E-state index contributed by atoms with van der Waals surface area (Å²) >= 11 is 0. The fraction of sp³-hybridized carbons (Fsp3) is 0.333. The standard InChI is InChI=1S/C15H18O3/c1-3-15(17)13(16)9-12(10-14(15)18-2)11-7-5-4-6-8-11/h4-10,13,16-17H,3H2,1-2H3. The van der Waals surface area contributed by atoms with Gasteiger partial charge in [0.25, 0.3) is 0 Å². The molecule has 0 amide bonds. The van der Waals surface area contributed by atoms with Crippen LogP contribution in [0.15, 0.2) is 48.2 Å². The van der Waals surface area contributed by atoms with E-state index in [-0.39, 0.29) is 0 Å². The Labute approximate surface area is 107 Å². The van der Waals surface area contributed by atoms with Crippen LogP contribution in [0.25, 0.3) is 5.57 Å². The van der Waals surface area contributed by atoms with Crippen LogP contribution in [0.3, 0.4) is 0 Å². The largest absolute Gasteiger partial charge is 0.498 e. The maximum absolute atomic E-state index is 10.4. The van der Waals surface area contributed by atoms with Crippen LogP contribution in [0.2, 0.25) is 0 Å². The number of aliphatic hydroxyl groups is 2. The van der Waals surface area contributed by atoms with Gasteiger partial charge in [-0.25, -0.2) is 0 Å². The van der Waals surface area contributed by atoms with Crippen LogP contribution in [0.5, 0.6) is 0 Å². The van der Waals surface area contributed by atoms with Gasteiger partial charge in [0.05, 0.1) is 7.11 Å². The highest BCUT2D eigenvalue weighted by Gasteiger charge is 2.40. The molecule has 2 atom stereocenters. The van der Waals surface area contributed by atoms with Crippen molar-refractivity contribution in [3.05, 3.63) is 53.8 Å². The number of hydrogen-bond acceptors (Lipinski definition) is 3. The third kappa shape index (κ3) is 2.07. The fourth-order valence-electron chi connectivity index (χ4n) is 2.20. The normalized spacial score (nSPS) is 27.4. The quantitative estimate of drug-likeness (QED) is 0.859. The SMILES string of the molecule is CCC1(O)C(OC)=CC(c2ccccc2)=CC1O. The van der Waals surface area contributed by atoms with E-state index in [1.807, 2.05) is 37.3 Å². The molecule has 2 N–H and O–H groups in total. The van der Waals surface area contributed by atoms with E-state index < -0.39 is 11.7 Å². The van der Waals surface area contributed by atoms with E-state index in [9.17, 15) is 10.2 Å². The predicted molar refractivity (Wildman–Crippen MR) is 70.8 cm³/mol. The van der Waals surface area contributed by atoms with E-state index >= 15 is 0 Å². The lowest BCUT2D eigenvalue weighted by Crippen LogP contribution is -2.44. The van der Waals surface area contributed by atoms with Crippen molar-refractivity contribution in [3.8, 4) is 0 Å². The number of rotatable bonds is 3. The summed E-state index contributed by atoms with van der Waals surface area (Å²) in [6.07, 6.45) is 2.89. The zero-order valence-electron chi connectivity index (χ0n) is 10.6. The van der Waals surface area contributed by atoms with E-state index in [2.05, 4.69) is 0 Å². The molecule has 18 heavy (non-hydrogen) atoms. The van der Waals surface area contributed by atoms with Crippen LogP contribution >= 0.6 is 0 Å². The molecule has 1 aliphatic rings. The van der Waals surface area contributed by atoms with Gasteiger partial charge in [-0.1, -0.05) is 37.3 Å². The Balaban J connectivity index is 2.43. The minimum absolute atomic E-state index is 0.395. The molecule has 2 unspecified atom stereocenters. The van der Waals surface area contributed by atoms with Crippen LogP contribution in [-0.2, 0) is 4.74 Å². The van der Waals surface area contributed by atoms with Crippen molar-refractivity contribution in [2.45, 2.75) is 25.0 Å². The Bertz CT molecular complexity index is 476. The summed E-state index contributed by atoms with van der Waals surface area (Å²) in [5.74, 6) is 0.402. The Hall–Kier alpha value is -1.58. The van der Waals surface area contributed by atoms with Crippen molar-refractivity contribution in [1.82, 2.24) is 0 Å². The van der Waals surface area contributed by atoms with Crippen LogP contribution < -0.4 is 0 Å². The summed E-state index contributed by atoms with van der Waals surface area (Å²) < 4.78 is 5.23. The molecule has 0 aromatic heterocycles. The summed E-state index contributed by atoms with van der Waals surface area (Å²) in [7, 11) is 1.51. The molecule has 3 heteroatoms. The molecule has 0 heterocycles. The smallest absolute Gasteiger partial charge is 0.150 e. The summed E-state index contributed by atoms with van der Waals surface area (Å²) in [5, 5.41) is 20.5. The molecule has 0 fully saturated rings. The number of methoxy groups -OCH3 is 1. The molecule has 3 nitrogen and oxygen atoms in total. The average molecular weight is 246 g/mol. The van der Waals surface area contributed by atoms with Gasteiger partial charge in [-0.15, -0.1) is 0 Å². The van der Waals surface area contributed by atoms with Crippen LogP contribution in [0, 0.1) is 0 Å². The number of ether oxygens (including phenoxy) is 1. The zero-order chi connectivity index (χ0) is 13.2. The molecule has 1 aromatic rings. The lowest BCUT2D eigenvalue weighted by atomic mass is 9.83. The number of hydrogen-bond donors (Lipinski definition) is 2. The molecule has 0 radical (unpaired) electrons. The highest BCUT2D eigenvalue weighted by atomic mass is 16.5. The van der Waals surface area contributed by atoms with Crippen molar-refractivity contribution < 1.29 is 14.9 Å². The Morgan fingerprint density at radius 1 is 1.28 bits per heavy atom. The highest BCUT2D eigenvalue weighted by molar-refractivity contribution is 5.76. The van der Waals surface area contributed by atoms with E-state index in [1.165, 1.54) is 7.11 Å². The summed E-state index contributed by atoms with van der Waals surface area (Å²) in [6, 6.07) is 9.72. The van der Waals surface area contributed by atoms with Crippen molar-refractivity contribution >= 4 is 5.57 Å². The van der Waals surface area contributed by atoms with E-state index in [0.717, 1.165) is 11.1 Å². The molecule has 0 aliphatic heterocycles. The highest BCUT2D eigenvalue weighted by Crippen LogP contribution is 2.35. The van der Waals surface area contributed by atoms with Gasteiger partial charge in [-0.2, -0.15) is 0 Å². The van der Waals surface area contributed by atoms with E-state index in [4.69, 9.17) is 4.74 Å². The first-order chi connectivity index (χ1) is 8.61. The maximum atomic E-state index is 10.4. The Morgan fingerprint density at radius 2 is 1.94 bits per heavy atom. The van der Waals surface area contributed by atoms with Gasteiger partial charge in [0.2, 0.25) is 0 Å². The zero-order valence-corrected chi connectivity index (χ0v) is 10.6. The topological polar surface area (TPSA) is 49.7 Å². The van der Waals surface area contributed by atoms with Gasteiger partial charge in [0, 0.05) is 0 Å². The average Bonchev–Trinajstić information content (AvgIpc) is 2.42. The molecule has 1 aliphatic carbocycles. The second kappa shape index (κ2) is 4.96. The second-order valence-corrected chi connectivity index (χ2v) is 4.42. The molecule has 0 saturated carbocycles. The monoisotopic (exact) mass is 246 g/mol. The lowest BCUT2D eigenvalue weighted by molar-refractivity contribution is -0.0597. The molecule has 0 bridgehead atoms. The third-order valence-electron chi connectivity index (χ3n) is 3.41. The molecular weight excluding hydrogens is 228 g/mol. The van der Waals surface area contributed by atoms with Crippen LogP contribution in [0.4, 0.5) is 0 Å². The summed E-state index contributed by atoms with van der Waals surface area (Å²) in [5.41, 5.74) is 0.523. The van der Waals surface area contributed by atoms with Gasteiger partial charge < -0.3 is 14.9 Å². The van der Waals surface area contributed by atoms with Gasteiger partial charge in [0.15, 0.2) is 5.60 Å². The third-order valence-corrected chi connectivity index (χ3v) is 3.41. The van der Waals surface area contributed by atoms with Crippen LogP contribution in [0.1, 0.15) is 18.9 Å². The number of benzene rings is 1. The first-order valence-electron chi connectivity index (χ1n) is 6.05. The Kier molecular flexibility index (Phi) is 3.55. The van der Waals surface area contributed by atoms with Crippen molar-refractivity contribution in [2.75, 3.05) is 7.11 Å².